The molecule has 1 atom stereocenters. The van der Waals surface area contributed by atoms with Gasteiger partial charge in [-0.25, -0.2) is 0 Å². The summed E-state index contributed by atoms with van der Waals surface area (Å²) < 4.78 is 0. The van der Waals surface area contributed by atoms with Gasteiger partial charge in [-0.2, -0.15) is 0 Å². The van der Waals surface area contributed by atoms with Crippen molar-refractivity contribution in [3.05, 3.63) is 36.0 Å². The number of Topliss-reactive ketones (excluding diaryl/α,β-unsaturated/α-hetero) is 1. The third kappa shape index (κ3) is 3.19. The summed E-state index contributed by atoms with van der Waals surface area (Å²) >= 11 is 0. The molecule has 0 aromatic carbocycles. The van der Waals surface area contributed by atoms with E-state index >= 15 is 0 Å². The van der Waals surface area contributed by atoms with Crippen LogP contribution in [0.2, 0.25) is 0 Å². The predicted molar refractivity (Wildman–Crippen MR) is 69.3 cm³/mol. The fourth-order valence-electron chi connectivity index (χ4n) is 2.22. The minimum Gasteiger partial charge on any atom is -0.295 e. The lowest BCUT2D eigenvalue weighted by molar-refractivity contribution is -0.115. The van der Waals surface area contributed by atoms with Gasteiger partial charge in [-0.3, -0.25) is 4.79 Å². The number of hydrogen-bond donors (Lipinski definition) is 0. The lowest BCUT2D eigenvalue weighted by Crippen LogP contribution is -2.16. The average molecular weight is 218 g/mol. The molecule has 0 spiro atoms. The van der Waals surface area contributed by atoms with E-state index < -0.39 is 0 Å². The topological polar surface area (TPSA) is 17.1 Å². The van der Waals surface area contributed by atoms with Crippen LogP contribution in [0.15, 0.2) is 36.0 Å². The number of hydrogen-bond acceptors (Lipinski definition) is 1. The highest BCUT2D eigenvalue weighted by Crippen LogP contribution is 2.33. The first-order chi connectivity index (χ1) is 7.56. The summed E-state index contributed by atoms with van der Waals surface area (Å²) in [6.45, 7) is 11.8. The first kappa shape index (κ1) is 13.0. The molecule has 1 rings (SSSR count). The molecule has 0 amide bonds. The molecule has 0 heterocycles. The van der Waals surface area contributed by atoms with E-state index in [0.29, 0.717) is 18.1 Å². The van der Waals surface area contributed by atoms with Crippen LogP contribution >= 0.6 is 0 Å². The van der Waals surface area contributed by atoms with Crippen LogP contribution in [0.1, 0.15) is 46.0 Å². The summed E-state index contributed by atoms with van der Waals surface area (Å²) in [5.74, 6) is 0.815. The lowest BCUT2D eigenvalue weighted by atomic mass is 9.79. The van der Waals surface area contributed by atoms with Crippen LogP contribution in [0.5, 0.6) is 0 Å². The van der Waals surface area contributed by atoms with Crippen LogP contribution in [-0.2, 0) is 4.79 Å². The standard InChI is InChI=1S/C15H22O/c1-5-6-7-15(16)14-10-13(11(2)3)9-8-12(14)4/h5,13H,1-2,6-10H2,3-4H3. The van der Waals surface area contributed by atoms with E-state index in [1.165, 1.54) is 11.1 Å². The minimum absolute atomic E-state index is 0.309. The Morgan fingerprint density at radius 2 is 2.25 bits per heavy atom. The Labute approximate surface area is 98.9 Å². The quantitative estimate of drug-likeness (QED) is 0.632. The van der Waals surface area contributed by atoms with Gasteiger partial charge in [-0.1, -0.05) is 23.8 Å². The molecular weight excluding hydrogens is 196 g/mol. The Balaban J connectivity index is 2.72. The van der Waals surface area contributed by atoms with Gasteiger partial charge >= 0.3 is 0 Å². The van der Waals surface area contributed by atoms with Crippen LogP contribution in [0, 0.1) is 5.92 Å². The van der Waals surface area contributed by atoms with E-state index in [0.717, 1.165) is 31.3 Å². The van der Waals surface area contributed by atoms with E-state index in [4.69, 9.17) is 0 Å². The second-order valence-electron chi connectivity index (χ2n) is 4.80. The highest BCUT2D eigenvalue weighted by atomic mass is 16.1. The van der Waals surface area contributed by atoms with Crippen LogP contribution in [-0.4, -0.2) is 5.78 Å². The molecule has 88 valence electrons. The van der Waals surface area contributed by atoms with Gasteiger partial charge in [0.2, 0.25) is 0 Å². The molecule has 0 radical (unpaired) electrons. The van der Waals surface area contributed by atoms with Crippen molar-refractivity contribution in [1.82, 2.24) is 0 Å². The molecule has 0 saturated heterocycles. The van der Waals surface area contributed by atoms with Crippen LogP contribution in [0.3, 0.4) is 0 Å². The molecule has 0 aliphatic heterocycles. The molecule has 0 N–H and O–H groups in total. The van der Waals surface area contributed by atoms with Gasteiger partial charge in [-0.15, -0.1) is 6.58 Å². The molecule has 1 nitrogen and oxygen atoms in total. The molecule has 1 unspecified atom stereocenters. The number of allylic oxidation sites excluding steroid dienone is 4. The Morgan fingerprint density at radius 3 is 2.81 bits per heavy atom. The maximum atomic E-state index is 12.0. The second-order valence-corrected chi connectivity index (χ2v) is 4.80. The number of ketones is 1. The molecule has 0 aromatic heterocycles. The second kappa shape index (κ2) is 5.83. The normalized spacial score (nSPS) is 20.8. The van der Waals surface area contributed by atoms with E-state index in [-0.39, 0.29) is 0 Å². The minimum atomic E-state index is 0.309. The van der Waals surface area contributed by atoms with E-state index in [1.54, 1.807) is 0 Å². The summed E-state index contributed by atoms with van der Waals surface area (Å²) in [4.78, 5) is 12.0. The SMILES string of the molecule is C=CCCC(=O)C1=C(C)CCC(C(=C)C)C1. The first-order valence-corrected chi connectivity index (χ1v) is 6.04. The van der Waals surface area contributed by atoms with Crippen LogP contribution < -0.4 is 0 Å². The molecule has 16 heavy (non-hydrogen) atoms. The predicted octanol–water partition coefficient (Wildman–Crippen LogP) is 4.21. The third-order valence-electron chi connectivity index (χ3n) is 3.44. The van der Waals surface area contributed by atoms with Crippen molar-refractivity contribution in [2.24, 2.45) is 5.92 Å². The van der Waals surface area contributed by atoms with Crippen molar-refractivity contribution in [1.29, 1.82) is 0 Å². The van der Waals surface area contributed by atoms with Gasteiger partial charge in [0.25, 0.3) is 0 Å². The van der Waals surface area contributed by atoms with Crippen LogP contribution in [0.25, 0.3) is 0 Å². The summed E-state index contributed by atoms with van der Waals surface area (Å²) in [5, 5.41) is 0. The lowest BCUT2D eigenvalue weighted by Gasteiger charge is -2.25. The van der Waals surface area contributed by atoms with Gasteiger partial charge in [0.05, 0.1) is 0 Å². The summed E-state index contributed by atoms with van der Waals surface area (Å²) in [6, 6.07) is 0. The molecule has 1 heteroatoms. The van der Waals surface area contributed by atoms with Crippen molar-refractivity contribution in [2.45, 2.75) is 46.0 Å². The Morgan fingerprint density at radius 1 is 1.56 bits per heavy atom. The van der Waals surface area contributed by atoms with Crippen molar-refractivity contribution in [3.8, 4) is 0 Å². The van der Waals surface area contributed by atoms with E-state index in [1.807, 2.05) is 6.08 Å². The molecule has 0 saturated carbocycles. The van der Waals surface area contributed by atoms with Crippen LogP contribution in [0.4, 0.5) is 0 Å². The average Bonchev–Trinajstić information content (AvgIpc) is 2.26. The van der Waals surface area contributed by atoms with Gasteiger partial charge in [0, 0.05) is 6.42 Å². The monoisotopic (exact) mass is 218 g/mol. The number of carbonyl (C=O) groups is 1. The molecule has 1 aliphatic rings. The zero-order valence-electron chi connectivity index (χ0n) is 10.5. The Hall–Kier alpha value is -1.11. The van der Waals surface area contributed by atoms with Gasteiger partial charge < -0.3 is 0 Å². The highest BCUT2D eigenvalue weighted by molar-refractivity contribution is 5.96. The zero-order valence-corrected chi connectivity index (χ0v) is 10.5. The van der Waals surface area contributed by atoms with Crippen molar-refractivity contribution < 1.29 is 4.79 Å². The Bertz CT molecular complexity index is 333. The fraction of sp³-hybridized carbons (Fsp3) is 0.533. The van der Waals surface area contributed by atoms with Crippen molar-refractivity contribution in [2.75, 3.05) is 0 Å². The van der Waals surface area contributed by atoms with E-state index in [2.05, 4.69) is 27.0 Å². The Kier molecular flexibility index (Phi) is 4.72. The maximum Gasteiger partial charge on any atom is 0.159 e. The van der Waals surface area contributed by atoms with Gasteiger partial charge in [0.1, 0.15) is 0 Å². The smallest absolute Gasteiger partial charge is 0.159 e. The summed E-state index contributed by atoms with van der Waals surface area (Å²) in [7, 11) is 0. The molecule has 0 aromatic rings. The van der Waals surface area contributed by atoms with Gasteiger partial charge in [0.15, 0.2) is 5.78 Å². The molecule has 1 aliphatic carbocycles. The molecule has 0 bridgehead atoms. The highest BCUT2D eigenvalue weighted by Gasteiger charge is 2.23. The van der Waals surface area contributed by atoms with E-state index in [9.17, 15) is 4.79 Å². The fourth-order valence-corrected chi connectivity index (χ4v) is 2.22. The first-order valence-electron chi connectivity index (χ1n) is 6.04. The van der Waals surface area contributed by atoms with Crippen molar-refractivity contribution in [3.63, 3.8) is 0 Å². The maximum absolute atomic E-state index is 12.0. The molecular formula is C15H22O. The van der Waals surface area contributed by atoms with Crippen molar-refractivity contribution >= 4 is 5.78 Å². The number of rotatable bonds is 5. The molecule has 0 fully saturated rings. The summed E-state index contributed by atoms with van der Waals surface area (Å²) in [5.41, 5.74) is 3.55. The number of carbonyl (C=O) groups excluding carboxylic acids is 1. The third-order valence-corrected chi connectivity index (χ3v) is 3.44. The zero-order chi connectivity index (χ0) is 12.1. The van der Waals surface area contributed by atoms with Gasteiger partial charge in [-0.05, 0) is 51.0 Å². The summed E-state index contributed by atoms with van der Waals surface area (Å²) in [6.07, 6.45) is 6.31. The largest absolute Gasteiger partial charge is 0.295 e.